The maximum absolute atomic E-state index is 9.79. The molecular formula is C15H25NO3. The van der Waals surface area contributed by atoms with Crippen LogP contribution in [-0.4, -0.2) is 45.6 Å². The van der Waals surface area contributed by atoms with Crippen molar-refractivity contribution < 1.29 is 14.6 Å². The van der Waals surface area contributed by atoms with Gasteiger partial charge in [-0.15, -0.1) is 0 Å². The minimum atomic E-state index is -0.375. The summed E-state index contributed by atoms with van der Waals surface area (Å²) in [5.74, 6) is 0. The van der Waals surface area contributed by atoms with Gasteiger partial charge in [0.1, 0.15) is 0 Å². The van der Waals surface area contributed by atoms with Crippen molar-refractivity contribution in [1.82, 2.24) is 0 Å². The summed E-state index contributed by atoms with van der Waals surface area (Å²) in [6.45, 7) is 5.00. The van der Waals surface area contributed by atoms with E-state index < -0.39 is 0 Å². The third-order valence-electron chi connectivity index (χ3n) is 3.16. The summed E-state index contributed by atoms with van der Waals surface area (Å²) in [6, 6.07) is 8.05. The van der Waals surface area contributed by atoms with Gasteiger partial charge in [-0.25, -0.2) is 0 Å². The van der Waals surface area contributed by atoms with E-state index in [0.717, 1.165) is 30.8 Å². The first-order valence-corrected chi connectivity index (χ1v) is 6.73. The molecule has 0 saturated heterocycles. The van der Waals surface area contributed by atoms with Crippen molar-refractivity contribution in [2.75, 3.05) is 45.4 Å². The highest BCUT2D eigenvalue weighted by molar-refractivity contribution is 5.48. The predicted octanol–water partition coefficient (Wildman–Crippen LogP) is 2.23. The van der Waals surface area contributed by atoms with Gasteiger partial charge in [-0.3, -0.25) is 0 Å². The quantitative estimate of drug-likeness (QED) is 0.745. The maximum atomic E-state index is 9.79. The van der Waals surface area contributed by atoms with Crippen LogP contribution in [0.25, 0.3) is 0 Å². The van der Waals surface area contributed by atoms with Gasteiger partial charge in [-0.05, 0) is 24.1 Å². The van der Waals surface area contributed by atoms with E-state index in [2.05, 4.69) is 4.90 Å². The predicted molar refractivity (Wildman–Crippen MR) is 77.7 cm³/mol. The largest absolute Gasteiger partial charge is 0.388 e. The summed E-state index contributed by atoms with van der Waals surface area (Å²) in [6.07, 6.45) is 0.358. The molecule has 0 fully saturated rings. The summed E-state index contributed by atoms with van der Waals surface area (Å²) in [7, 11) is 3.41. The van der Waals surface area contributed by atoms with Crippen LogP contribution < -0.4 is 4.90 Å². The summed E-state index contributed by atoms with van der Waals surface area (Å²) in [5, 5.41) is 9.79. The third-order valence-corrected chi connectivity index (χ3v) is 3.16. The normalized spacial score (nSPS) is 12.4. The van der Waals surface area contributed by atoms with Crippen LogP contribution in [0.4, 0.5) is 5.69 Å². The standard InChI is InChI=1S/C15H25NO3/c1-4-15(17)13-5-7-14(8-6-13)16(9-11-18-2)10-12-19-3/h5-8,15,17H,4,9-12H2,1-3H3. The van der Waals surface area contributed by atoms with E-state index in [4.69, 9.17) is 9.47 Å². The highest BCUT2D eigenvalue weighted by atomic mass is 16.5. The second-order valence-electron chi connectivity index (χ2n) is 4.49. The van der Waals surface area contributed by atoms with Crippen molar-refractivity contribution in [3.05, 3.63) is 29.8 Å². The van der Waals surface area contributed by atoms with E-state index in [1.165, 1.54) is 0 Å². The molecule has 0 spiro atoms. The van der Waals surface area contributed by atoms with Gasteiger partial charge in [0, 0.05) is 33.0 Å². The molecule has 1 rings (SSSR count). The molecule has 0 saturated carbocycles. The highest BCUT2D eigenvalue weighted by Crippen LogP contribution is 2.20. The van der Waals surface area contributed by atoms with Gasteiger partial charge >= 0.3 is 0 Å². The lowest BCUT2D eigenvalue weighted by molar-refractivity contribution is 0.173. The molecule has 1 unspecified atom stereocenters. The van der Waals surface area contributed by atoms with Crippen molar-refractivity contribution in [3.63, 3.8) is 0 Å². The molecule has 108 valence electrons. The number of ether oxygens (including phenoxy) is 2. The molecule has 0 aliphatic heterocycles. The Kier molecular flexibility index (Phi) is 7.48. The van der Waals surface area contributed by atoms with Gasteiger partial charge in [0.15, 0.2) is 0 Å². The molecule has 0 radical (unpaired) electrons. The third kappa shape index (κ3) is 5.19. The number of rotatable bonds is 9. The molecule has 0 aliphatic carbocycles. The van der Waals surface area contributed by atoms with Gasteiger partial charge in [-0.2, -0.15) is 0 Å². The number of hydrogen-bond donors (Lipinski definition) is 1. The van der Waals surface area contributed by atoms with E-state index in [1.807, 2.05) is 31.2 Å². The van der Waals surface area contributed by atoms with Crippen molar-refractivity contribution in [3.8, 4) is 0 Å². The summed E-state index contributed by atoms with van der Waals surface area (Å²) >= 11 is 0. The van der Waals surface area contributed by atoms with Crippen LogP contribution in [-0.2, 0) is 9.47 Å². The Morgan fingerprint density at radius 2 is 1.58 bits per heavy atom. The summed E-state index contributed by atoms with van der Waals surface area (Å²) < 4.78 is 10.3. The van der Waals surface area contributed by atoms with Crippen LogP contribution in [0.1, 0.15) is 25.0 Å². The molecule has 1 aromatic carbocycles. The Bertz CT molecular complexity index is 332. The fourth-order valence-corrected chi connectivity index (χ4v) is 1.92. The molecule has 0 aromatic heterocycles. The van der Waals surface area contributed by atoms with Crippen molar-refractivity contribution in [2.24, 2.45) is 0 Å². The monoisotopic (exact) mass is 267 g/mol. The van der Waals surface area contributed by atoms with E-state index >= 15 is 0 Å². The molecular weight excluding hydrogens is 242 g/mol. The first-order valence-electron chi connectivity index (χ1n) is 6.73. The van der Waals surface area contributed by atoms with Gasteiger partial charge in [0.05, 0.1) is 19.3 Å². The second kappa shape index (κ2) is 8.91. The molecule has 1 N–H and O–H groups in total. The molecule has 1 atom stereocenters. The molecule has 0 bridgehead atoms. The van der Waals surface area contributed by atoms with Crippen LogP contribution in [0.2, 0.25) is 0 Å². The van der Waals surface area contributed by atoms with E-state index in [0.29, 0.717) is 13.2 Å². The smallest absolute Gasteiger partial charge is 0.0787 e. The van der Waals surface area contributed by atoms with Crippen LogP contribution in [0.3, 0.4) is 0 Å². The number of aliphatic hydroxyl groups is 1. The second-order valence-corrected chi connectivity index (χ2v) is 4.49. The van der Waals surface area contributed by atoms with Gasteiger partial charge in [0.25, 0.3) is 0 Å². The van der Waals surface area contributed by atoms with Crippen molar-refractivity contribution >= 4 is 5.69 Å². The first kappa shape index (κ1) is 16.0. The zero-order valence-corrected chi connectivity index (χ0v) is 12.1. The van der Waals surface area contributed by atoms with Crippen molar-refractivity contribution in [1.29, 1.82) is 0 Å². The fraction of sp³-hybridized carbons (Fsp3) is 0.600. The van der Waals surface area contributed by atoms with Crippen molar-refractivity contribution in [2.45, 2.75) is 19.4 Å². The zero-order chi connectivity index (χ0) is 14.1. The highest BCUT2D eigenvalue weighted by Gasteiger charge is 2.08. The molecule has 0 amide bonds. The number of anilines is 1. The van der Waals surface area contributed by atoms with Crippen LogP contribution in [0.15, 0.2) is 24.3 Å². The number of methoxy groups -OCH3 is 2. The molecule has 4 heteroatoms. The van der Waals surface area contributed by atoms with Crippen LogP contribution in [0, 0.1) is 0 Å². The molecule has 4 nitrogen and oxygen atoms in total. The van der Waals surface area contributed by atoms with Gasteiger partial charge in [-0.1, -0.05) is 19.1 Å². The van der Waals surface area contributed by atoms with Gasteiger partial charge in [0.2, 0.25) is 0 Å². The average molecular weight is 267 g/mol. The molecule has 0 heterocycles. The SMILES string of the molecule is CCC(O)c1ccc(N(CCOC)CCOC)cc1. The Hall–Kier alpha value is -1.10. The fourth-order valence-electron chi connectivity index (χ4n) is 1.92. The van der Waals surface area contributed by atoms with E-state index in [1.54, 1.807) is 14.2 Å². The lowest BCUT2D eigenvalue weighted by Crippen LogP contribution is -2.30. The molecule has 19 heavy (non-hydrogen) atoms. The number of nitrogens with zero attached hydrogens (tertiary/aromatic N) is 1. The van der Waals surface area contributed by atoms with E-state index in [9.17, 15) is 5.11 Å². The Morgan fingerprint density at radius 3 is 2.00 bits per heavy atom. The zero-order valence-electron chi connectivity index (χ0n) is 12.1. The lowest BCUT2D eigenvalue weighted by Gasteiger charge is -2.24. The Balaban J connectivity index is 2.71. The average Bonchev–Trinajstić information content (AvgIpc) is 2.47. The van der Waals surface area contributed by atoms with Crippen LogP contribution in [0.5, 0.6) is 0 Å². The minimum absolute atomic E-state index is 0.375. The number of benzene rings is 1. The lowest BCUT2D eigenvalue weighted by atomic mass is 10.1. The summed E-state index contributed by atoms with van der Waals surface area (Å²) in [4.78, 5) is 2.22. The first-order chi connectivity index (χ1) is 9.22. The maximum Gasteiger partial charge on any atom is 0.0787 e. The number of hydrogen-bond acceptors (Lipinski definition) is 4. The number of aliphatic hydroxyl groups excluding tert-OH is 1. The van der Waals surface area contributed by atoms with E-state index in [-0.39, 0.29) is 6.10 Å². The summed E-state index contributed by atoms with van der Waals surface area (Å²) in [5.41, 5.74) is 2.09. The van der Waals surface area contributed by atoms with Gasteiger partial charge < -0.3 is 19.5 Å². The van der Waals surface area contributed by atoms with Crippen LogP contribution >= 0.6 is 0 Å². The molecule has 0 aliphatic rings. The Labute approximate surface area is 115 Å². The minimum Gasteiger partial charge on any atom is -0.388 e. The topological polar surface area (TPSA) is 41.9 Å². The Morgan fingerprint density at radius 1 is 1.05 bits per heavy atom. The molecule has 1 aromatic rings.